The topological polar surface area (TPSA) is 69.7 Å². The van der Waals surface area contributed by atoms with Gasteiger partial charge in [-0.05, 0) is 46.3 Å². The average Bonchev–Trinajstić information content (AvgIpc) is 2.86. The van der Waals surface area contributed by atoms with Gasteiger partial charge in [-0.15, -0.1) is 0 Å². The molecule has 1 spiro atoms. The van der Waals surface area contributed by atoms with Crippen molar-refractivity contribution in [3.8, 4) is 0 Å². The van der Waals surface area contributed by atoms with Gasteiger partial charge in [0, 0.05) is 6.54 Å². The molecular weight excluding hydrogens is 258 g/mol. The van der Waals surface area contributed by atoms with Crippen molar-refractivity contribution in [2.45, 2.75) is 38.5 Å². The summed E-state index contributed by atoms with van der Waals surface area (Å²) in [4.78, 5) is 39.7. The number of urea groups is 1. The Kier molecular flexibility index (Phi) is 4.42. The first-order valence-corrected chi connectivity index (χ1v) is 7.29. The van der Waals surface area contributed by atoms with Gasteiger partial charge < -0.3 is 4.90 Å². The minimum atomic E-state index is -0.963. The second kappa shape index (κ2) is 5.91. The molecule has 0 unspecified atom stereocenters. The van der Waals surface area contributed by atoms with E-state index < -0.39 is 17.4 Å². The Hall–Kier alpha value is -1.43. The lowest BCUT2D eigenvalue weighted by Crippen LogP contribution is -2.63. The minimum absolute atomic E-state index is 0.284. The molecule has 112 valence electrons. The Morgan fingerprint density at radius 2 is 1.80 bits per heavy atom. The van der Waals surface area contributed by atoms with Crippen molar-refractivity contribution in [1.82, 2.24) is 15.1 Å². The van der Waals surface area contributed by atoms with Crippen LogP contribution < -0.4 is 5.32 Å². The summed E-state index contributed by atoms with van der Waals surface area (Å²) in [5.74, 6) is -0.678. The van der Waals surface area contributed by atoms with E-state index in [-0.39, 0.29) is 5.91 Å². The fraction of sp³-hybridized carbons (Fsp3) is 0.786. The number of hydrogen-bond acceptors (Lipinski definition) is 4. The molecule has 1 aliphatic heterocycles. The molecule has 0 aromatic carbocycles. The predicted molar refractivity (Wildman–Crippen MR) is 73.9 cm³/mol. The molecule has 1 saturated heterocycles. The Morgan fingerprint density at radius 1 is 1.15 bits per heavy atom. The van der Waals surface area contributed by atoms with Gasteiger partial charge in [0.1, 0.15) is 5.41 Å². The molecule has 0 bridgehead atoms. The number of carbonyl (C=O) groups is 3. The molecule has 0 aromatic rings. The van der Waals surface area contributed by atoms with E-state index in [9.17, 15) is 14.4 Å². The van der Waals surface area contributed by atoms with Gasteiger partial charge in [0.15, 0.2) is 0 Å². The largest absolute Gasteiger partial charge is 0.330 e. The van der Waals surface area contributed by atoms with E-state index in [1.807, 2.05) is 14.1 Å². The Balaban J connectivity index is 1.99. The van der Waals surface area contributed by atoms with Gasteiger partial charge in [-0.1, -0.05) is 12.8 Å². The maximum Gasteiger partial charge on any atom is 0.330 e. The highest BCUT2D eigenvalue weighted by atomic mass is 16.2. The van der Waals surface area contributed by atoms with E-state index >= 15 is 0 Å². The summed E-state index contributed by atoms with van der Waals surface area (Å²) in [6.07, 6.45) is 4.58. The van der Waals surface area contributed by atoms with Gasteiger partial charge in [-0.3, -0.25) is 19.8 Å². The van der Waals surface area contributed by atoms with Crippen molar-refractivity contribution in [2.75, 3.05) is 27.2 Å². The molecule has 1 aliphatic carbocycles. The molecule has 1 heterocycles. The number of nitrogens with zero attached hydrogens (tertiary/aromatic N) is 2. The van der Waals surface area contributed by atoms with Crippen molar-refractivity contribution in [1.29, 1.82) is 0 Å². The normalized spacial score (nSPS) is 21.9. The molecule has 4 amide bonds. The zero-order valence-corrected chi connectivity index (χ0v) is 12.3. The summed E-state index contributed by atoms with van der Waals surface area (Å²) in [6.45, 7) is 1.32. The highest BCUT2D eigenvalue weighted by molar-refractivity contribution is 6.19. The molecule has 0 radical (unpaired) electrons. The monoisotopic (exact) mass is 281 g/mol. The lowest BCUT2D eigenvalue weighted by Gasteiger charge is -2.36. The summed E-state index contributed by atoms with van der Waals surface area (Å²) in [6, 6.07) is -0.553. The lowest BCUT2D eigenvalue weighted by atomic mass is 9.82. The fourth-order valence-electron chi connectivity index (χ4n) is 3.05. The van der Waals surface area contributed by atoms with Crippen LogP contribution in [0, 0.1) is 5.41 Å². The zero-order valence-electron chi connectivity index (χ0n) is 12.3. The summed E-state index contributed by atoms with van der Waals surface area (Å²) in [7, 11) is 3.98. The standard InChI is InChI=1S/C14H23N3O3/c1-16(2)9-5-6-10-17-12(19)14(7-3-4-8-14)11(18)15-13(17)20/h3-10H2,1-2H3,(H,15,18,20). The second-order valence-electron chi connectivity index (χ2n) is 6.02. The summed E-state index contributed by atoms with van der Waals surface area (Å²) in [5, 5.41) is 2.36. The average molecular weight is 281 g/mol. The van der Waals surface area contributed by atoms with Crippen LogP contribution in [-0.2, 0) is 9.59 Å². The van der Waals surface area contributed by atoms with Crippen molar-refractivity contribution < 1.29 is 14.4 Å². The lowest BCUT2D eigenvalue weighted by molar-refractivity contribution is -0.151. The number of carbonyl (C=O) groups excluding carboxylic acids is 3. The molecule has 0 aromatic heterocycles. The van der Waals surface area contributed by atoms with E-state index in [2.05, 4.69) is 10.2 Å². The van der Waals surface area contributed by atoms with Crippen molar-refractivity contribution >= 4 is 17.8 Å². The highest BCUT2D eigenvalue weighted by Crippen LogP contribution is 2.41. The van der Waals surface area contributed by atoms with Crippen LogP contribution in [0.15, 0.2) is 0 Å². The van der Waals surface area contributed by atoms with Crippen LogP contribution in [0.1, 0.15) is 38.5 Å². The van der Waals surface area contributed by atoms with E-state index in [4.69, 9.17) is 0 Å². The molecule has 6 heteroatoms. The first kappa shape index (κ1) is 15.0. The molecule has 2 rings (SSSR count). The van der Waals surface area contributed by atoms with Gasteiger partial charge in [0.2, 0.25) is 11.8 Å². The Morgan fingerprint density at radius 3 is 2.40 bits per heavy atom. The molecule has 2 fully saturated rings. The van der Waals surface area contributed by atoms with Crippen LogP contribution in [0.2, 0.25) is 0 Å². The van der Waals surface area contributed by atoms with Gasteiger partial charge in [0.25, 0.3) is 0 Å². The van der Waals surface area contributed by atoms with Gasteiger partial charge in [-0.2, -0.15) is 0 Å². The second-order valence-corrected chi connectivity index (χ2v) is 6.02. The SMILES string of the molecule is CN(C)CCCCN1C(=O)NC(=O)C2(CCCC2)C1=O. The summed E-state index contributed by atoms with van der Waals surface area (Å²) in [5.41, 5.74) is -0.963. The number of imide groups is 2. The fourth-order valence-corrected chi connectivity index (χ4v) is 3.05. The molecule has 20 heavy (non-hydrogen) atoms. The van der Waals surface area contributed by atoms with E-state index in [0.717, 1.165) is 32.2 Å². The van der Waals surface area contributed by atoms with Crippen molar-refractivity contribution in [2.24, 2.45) is 5.41 Å². The van der Waals surface area contributed by atoms with Crippen LogP contribution in [0.3, 0.4) is 0 Å². The Bertz CT molecular complexity index is 414. The predicted octanol–water partition coefficient (Wildman–Crippen LogP) is 0.967. The minimum Gasteiger partial charge on any atom is -0.309 e. The third-order valence-electron chi connectivity index (χ3n) is 4.25. The maximum absolute atomic E-state index is 12.5. The molecule has 6 nitrogen and oxygen atoms in total. The summed E-state index contributed by atoms with van der Waals surface area (Å²) >= 11 is 0. The third kappa shape index (κ3) is 2.70. The van der Waals surface area contributed by atoms with Crippen LogP contribution >= 0.6 is 0 Å². The quantitative estimate of drug-likeness (QED) is 0.602. The first-order chi connectivity index (χ1) is 9.47. The number of hydrogen-bond donors (Lipinski definition) is 1. The van der Waals surface area contributed by atoms with Crippen molar-refractivity contribution in [3.63, 3.8) is 0 Å². The first-order valence-electron chi connectivity index (χ1n) is 7.29. The number of unbranched alkanes of at least 4 members (excludes halogenated alkanes) is 1. The number of nitrogens with one attached hydrogen (secondary N) is 1. The molecule has 1 saturated carbocycles. The maximum atomic E-state index is 12.5. The molecule has 1 N–H and O–H groups in total. The summed E-state index contributed by atoms with van der Waals surface area (Å²) < 4.78 is 0. The third-order valence-corrected chi connectivity index (χ3v) is 4.25. The number of amides is 4. The number of barbiturate groups is 1. The highest BCUT2D eigenvalue weighted by Gasteiger charge is 2.54. The van der Waals surface area contributed by atoms with Crippen LogP contribution in [0.5, 0.6) is 0 Å². The van der Waals surface area contributed by atoms with Crippen LogP contribution in [0.25, 0.3) is 0 Å². The van der Waals surface area contributed by atoms with Crippen LogP contribution in [-0.4, -0.2) is 54.8 Å². The zero-order chi connectivity index (χ0) is 14.8. The van der Waals surface area contributed by atoms with Gasteiger partial charge >= 0.3 is 6.03 Å². The molecular formula is C14H23N3O3. The number of rotatable bonds is 5. The molecule has 2 aliphatic rings. The van der Waals surface area contributed by atoms with Gasteiger partial charge in [0.05, 0.1) is 0 Å². The van der Waals surface area contributed by atoms with E-state index in [1.54, 1.807) is 0 Å². The molecule has 0 atom stereocenters. The smallest absolute Gasteiger partial charge is 0.309 e. The van der Waals surface area contributed by atoms with Gasteiger partial charge in [-0.25, -0.2) is 4.79 Å². The Labute approximate surface area is 119 Å². The van der Waals surface area contributed by atoms with Crippen LogP contribution in [0.4, 0.5) is 4.79 Å². The van der Waals surface area contributed by atoms with E-state index in [1.165, 1.54) is 4.90 Å². The van der Waals surface area contributed by atoms with E-state index in [0.29, 0.717) is 19.4 Å². The van der Waals surface area contributed by atoms with Crippen molar-refractivity contribution in [3.05, 3.63) is 0 Å².